The average molecular weight is 343 g/mol. The molecule has 0 unspecified atom stereocenters. The minimum absolute atomic E-state index is 0.852. The third-order valence-electron chi connectivity index (χ3n) is 4.56. The van der Waals surface area contributed by atoms with Crippen molar-refractivity contribution < 1.29 is 0 Å². The summed E-state index contributed by atoms with van der Waals surface area (Å²) in [6.07, 6.45) is 13.2. The quantitative estimate of drug-likeness (QED) is 0.580. The van der Waals surface area contributed by atoms with E-state index in [1.807, 2.05) is 30.9 Å². The number of aryl methyl sites for hydroxylation is 3. The molecule has 4 aromatic rings. The van der Waals surface area contributed by atoms with Crippen molar-refractivity contribution in [2.75, 3.05) is 0 Å². The summed E-state index contributed by atoms with van der Waals surface area (Å²) in [7, 11) is 0. The topological polar surface area (TPSA) is 67.3 Å². The number of aromatic nitrogens is 5. The van der Waals surface area contributed by atoms with Crippen LogP contribution in [0.3, 0.4) is 0 Å². The second-order valence-electron chi connectivity index (χ2n) is 6.41. The third-order valence-corrected chi connectivity index (χ3v) is 4.56. The van der Waals surface area contributed by atoms with Gasteiger partial charge in [-0.2, -0.15) is 0 Å². The monoisotopic (exact) mass is 343 g/mol. The van der Waals surface area contributed by atoms with Gasteiger partial charge in [-0.15, -0.1) is 0 Å². The highest BCUT2D eigenvalue weighted by molar-refractivity contribution is 5.79. The summed E-state index contributed by atoms with van der Waals surface area (Å²) in [4.78, 5) is 20.9. The Bertz CT molecular complexity index is 987. The molecule has 0 aliphatic rings. The van der Waals surface area contributed by atoms with Crippen molar-refractivity contribution in [3.8, 4) is 0 Å². The fourth-order valence-electron chi connectivity index (χ4n) is 3.05. The maximum atomic E-state index is 4.62. The Hall–Kier alpha value is -3.08. The van der Waals surface area contributed by atoms with Gasteiger partial charge in [0.15, 0.2) is 0 Å². The molecule has 0 aliphatic heterocycles. The number of nitrogens with zero attached hydrogens (tertiary/aromatic N) is 4. The van der Waals surface area contributed by atoms with Gasteiger partial charge >= 0.3 is 0 Å². The van der Waals surface area contributed by atoms with Crippen molar-refractivity contribution in [2.45, 2.75) is 32.6 Å². The Labute approximate surface area is 152 Å². The third kappa shape index (κ3) is 3.61. The number of rotatable bonds is 6. The van der Waals surface area contributed by atoms with Crippen molar-refractivity contribution in [1.29, 1.82) is 0 Å². The van der Waals surface area contributed by atoms with Gasteiger partial charge in [0.25, 0.3) is 0 Å². The number of pyridine rings is 2. The number of nitrogens with one attached hydrogen (secondary N) is 1. The van der Waals surface area contributed by atoms with Gasteiger partial charge in [0.2, 0.25) is 0 Å². The standard InChI is InChI=1S/C21H21N5/c1-2-20-24-12-16(13-25-20)6-8-18-7-5-15(11-23-18)10-17-14-26-21-19(17)4-3-9-22-21/h3-5,7,9,11-14H,2,6,8,10H2,1H3,(H,22,26). The van der Waals surface area contributed by atoms with Crippen LogP contribution in [0.2, 0.25) is 0 Å². The van der Waals surface area contributed by atoms with E-state index in [9.17, 15) is 0 Å². The molecule has 5 nitrogen and oxygen atoms in total. The summed E-state index contributed by atoms with van der Waals surface area (Å²) in [5.41, 5.74) is 5.63. The van der Waals surface area contributed by atoms with E-state index in [2.05, 4.69) is 50.0 Å². The number of aromatic amines is 1. The van der Waals surface area contributed by atoms with Crippen LogP contribution >= 0.6 is 0 Å². The lowest BCUT2D eigenvalue weighted by molar-refractivity contribution is 0.865. The number of fused-ring (bicyclic) bond motifs is 1. The van der Waals surface area contributed by atoms with Gasteiger partial charge in [-0.1, -0.05) is 13.0 Å². The van der Waals surface area contributed by atoms with Gasteiger partial charge in [0.05, 0.1) is 0 Å². The van der Waals surface area contributed by atoms with Gasteiger partial charge < -0.3 is 4.98 Å². The largest absolute Gasteiger partial charge is 0.346 e. The molecule has 0 spiro atoms. The van der Waals surface area contributed by atoms with Crippen LogP contribution in [0.1, 0.15) is 35.1 Å². The first kappa shape index (κ1) is 16.4. The maximum Gasteiger partial charge on any atom is 0.137 e. The maximum absolute atomic E-state index is 4.62. The van der Waals surface area contributed by atoms with E-state index in [4.69, 9.17) is 0 Å². The van der Waals surface area contributed by atoms with E-state index < -0.39 is 0 Å². The highest BCUT2D eigenvalue weighted by atomic mass is 14.9. The lowest BCUT2D eigenvalue weighted by Crippen LogP contribution is -1.99. The van der Waals surface area contributed by atoms with Gasteiger partial charge in [0, 0.05) is 54.9 Å². The van der Waals surface area contributed by atoms with Crippen LogP contribution in [0.15, 0.2) is 55.2 Å². The Kier molecular flexibility index (Phi) is 4.69. The van der Waals surface area contributed by atoms with Gasteiger partial charge in [-0.05, 0) is 47.7 Å². The molecule has 0 bridgehead atoms. The van der Waals surface area contributed by atoms with Crippen LogP contribution < -0.4 is 0 Å². The van der Waals surface area contributed by atoms with E-state index >= 15 is 0 Å². The molecule has 0 radical (unpaired) electrons. The number of H-pyrrole nitrogens is 1. The van der Waals surface area contributed by atoms with Crippen molar-refractivity contribution >= 4 is 11.0 Å². The molecule has 0 saturated carbocycles. The molecule has 0 saturated heterocycles. The zero-order valence-electron chi connectivity index (χ0n) is 14.8. The first-order valence-electron chi connectivity index (χ1n) is 8.96. The van der Waals surface area contributed by atoms with E-state index in [0.717, 1.165) is 48.4 Å². The molecule has 5 heteroatoms. The molecule has 4 rings (SSSR count). The summed E-state index contributed by atoms with van der Waals surface area (Å²) in [5.74, 6) is 0.892. The van der Waals surface area contributed by atoms with Crippen LogP contribution in [0.5, 0.6) is 0 Å². The minimum Gasteiger partial charge on any atom is -0.346 e. The summed E-state index contributed by atoms with van der Waals surface area (Å²) in [5, 5.41) is 1.17. The van der Waals surface area contributed by atoms with Crippen LogP contribution in [-0.4, -0.2) is 24.9 Å². The Morgan fingerprint density at radius 2 is 1.73 bits per heavy atom. The normalized spacial score (nSPS) is 11.1. The number of hydrogen-bond acceptors (Lipinski definition) is 4. The first-order chi connectivity index (χ1) is 12.8. The lowest BCUT2D eigenvalue weighted by atomic mass is 10.1. The van der Waals surface area contributed by atoms with Gasteiger partial charge in [-0.25, -0.2) is 15.0 Å². The Morgan fingerprint density at radius 3 is 2.50 bits per heavy atom. The van der Waals surface area contributed by atoms with E-state index in [1.54, 1.807) is 6.20 Å². The summed E-state index contributed by atoms with van der Waals surface area (Å²) >= 11 is 0. The highest BCUT2D eigenvalue weighted by Crippen LogP contribution is 2.19. The molecule has 0 aliphatic carbocycles. The molecule has 1 N–H and O–H groups in total. The smallest absolute Gasteiger partial charge is 0.137 e. The highest BCUT2D eigenvalue weighted by Gasteiger charge is 2.06. The predicted octanol–water partition coefficient (Wildman–Crippen LogP) is 3.69. The summed E-state index contributed by atoms with van der Waals surface area (Å²) in [6, 6.07) is 8.34. The van der Waals surface area contributed by atoms with E-state index in [-0.39, 0.29) is 0 Å². The van der Waals surface area contributed by atoms with Crippen LogP contribution in [0.4, 0.5) is 0 Å². The average Bonchev–Trinajstić information content (AvgIpc) is 3.11. The van der Waals surface area contributed by atoms with Crippen molar-refractivity contribution in [3.63, 3.8) is 0 Å². The number of hydrogen-bond donors (Lipinski definition) is 1. The lowest BCUT2D eigenvalue weighted by Gasteiger charge is -2.04. The second-order valence-corrected chi connectivity index (χ2v) is 6.41. The predicted molar refractivity (Wildman–Crippen MR) is 102 cm³/mol. The molecule has 0 atom stereocenters. The molecule has 0 amide bonds. The minimum atomic E-state index is 0.852. The first-order valence-corrected chi connectivity index (χ1v) is 8.96. The second kappa shape index (κ2) is 7.44. The van der Waals surface area contributed by atoms with Crippen molar-refractivity contribution in [1.82, 2.24) is 24.9 Å². The zero-order valence-corrected chi connectivity index (χ0v) is 14.8. The molecular weight excluding hydrogens is 322 g/mol. The van der Waals surface area contributed by atoms with Crippen LogP contribution in [-0.2, 0) is 25.7 Å². The zero-order chi connectivity index (χ0) is 17.8. The molecule has 4 aromatic heterocycles. The van der Waals surface area contributed by atoms with Gasteiger partial charge in [0.1, 0.15) is 11.5 Å². The Balaban J connectivity index is 1.40. The molecule has 0 aromatic carbocycles. The molecule has 26 heavy (non-hydrogen) atoms. The van der Waals surface area contributed by atoms with Crippen molar-refractivity contribution in [3.05, 3.63) is 83.5 Å². The molecule has 4 heterocycles. The van der Waals surface area contributed by atoms with E-state index in [1.165, 1.54) is 16.5 Å². The van der Waals surface area contributed by atoms with E-state index in [0.29, 0.717) is 0 Å². The van der Waals surface area contributed by atoms with Crippen LogP contribution in [0, 0.1) is 0 Å². The summed E-state index contributed by atoms with van der Waals surface area (Å²) < 4.78 is 0. The SMILES string of the molecule is CCc1ncc(CCc2ccc(Cc3c[nH]c4ncccc34)cn2)cn1. The van der Waals surface area contributed by atoms with Crippen molar-refractivity contribution in [2.24, 2.45) is 0 Å². The fourth-order valence-corrected chi connectivity index (χ4v) is 3.05. The molecular formula is C21H21N5. The Morgan fingerprint density at radius 1 is 0.885 bits per heavy atom. The fraction of sp³-hybridized carbons (Fsp3) is 0.238. The van der Waals surface area contributed by atoms with Gasteiger partial charge in [-0.3, -0.25) is 4.98 Å². The molecule has 0 fully saturated rings. The summed E-state index contributed by atoms with van der Waals surface area (Å²) in [6.45, 7) is 2.06. The van der Waals surface area contributed by atoms with Crippen LogP contribution in [0.25, 0.3) is 11.0 Å². The molecule has 130 valence electrons.